The van der Waals surface area contributed by atoms with Crippen LogP contribution in [0.2, 0.25) is 0 Å². The summed E-state index contributed by atoms with van der Waals surface area (Å²) >= 11 is 0. The summed E-state index contributed by atoms with van der Waals surface area (Å²) in [5.74, 6) is 6.67. The van der Waals surface area contributed by atoms with Crippen molar-refractivity contribution in [3.8, 4) is 11.8 Å². The highest BCUT2D eigenvalue weighted by Crippen LogP contribution is 2.55. The third-order valence-electron chi connectivity index (χ3n) is 6.43. The molecule has 0 aromatic carbocycles. The summed E-state index contributed by atoms with van der Waals surface area (Å²) in [7, 11) is 3.44. The molecule has 0 saturated carbocycles. The minimum Gasteiger partial charge on any atom is -0.364 e. The molecule has 3 aliphatic heterocycles. The maximum Gasteiger partial charge on any atom is 0.172 e. The Morgan fingerprint density at radius 2 is 2.19 bits per heavy atom. The van der Waals surface area contributed by atoms with Crippen molar-refractivity contribution in [3.63, 3.8) is 0 Å². The molecule has 1 spiro atoms. The molecule has 1 aromatic rings. The zero-order valence-corrected chi connectivity index (χ0v) is 15.7. The maximum atomic E-state index is 6.39. The number of nitrogens with zero attached hydrogens (tertiary/aromatic N) is 2. The van der Waals surface area contributed by atoms with Crippen LogP contribution in [0.25, 0.3) is 0 Å². The summed E-state index contributed by atoms with van der Waals surface area (Å²) in [5.41, 5.74) is 3.09. The van der Waals surface area contributed by atoms with E-state index < -0.39 is 0 Å². The van der Waals surface area contributed by atoms with Gasteiger partial charge in [-0.1, -0.05) is 24.0 Å². The predicted octanol–water partition coefficient (Wildman–Crippen LogP) is 2.29. The Morgan fingerprint density at radius 1 is 1.30 bits per heavy atom. The molecule has 4 heterocycles. The number of hydrogen-bond acceptors (Lipinski definition) is 5. The second-order valence-electron chi connectivity index (χ2n) is 7.61. The van der Waals surface area contributed by atoms with E-state index >= 15 is 0 Å². The van der Waals surface area contributed by atoms with E-state index in [0.717, 1.165) is 30.4 Å². The molecule has 1 aliphatic carbocycles. The van der Waals surface area contributed by atoms with Crippen LogP contribution in [0.15, 0.2) is 47.8 Å². The van der Waals surface area contributed by atoms with Gasteiger partial charge in [-0.05, 0) is 30.5 Å². The normalized spacial score (nSPS) is 34.0. The Kier molecular flexibility index (Phi) is 4.18. The fraction of sp³-hybridized carbons (Fsp3) is 0.500. The molecule has 0 radical (unpaired) electrons. The summed E-state index contributed by atoms with van der Waals surface area (Å²) in [6.07, 6.45) is 11.1. The first kappa shape index (κ1) is 17.2. The number of hydrogen-bond donors (Lipinski definition) is 0. The van der Waals surface area contributed by atoms with Gasteiger partial charge in [0.25, 0.3) is 0 Å². The van der Waals surface area contributed by atoms with Crippen LogP contribution in [0, 0.1) is 11.8 Å². The van der Waals surface area contributed by atoms with Gasteiger partial charge in [-0.2, -0.15) is 0 Å². The number of methoxy groups -OCH3 is 2. The molecule has 4 atom stereocenters. The predicted molar refractivity (Wildman–Crippen MR) is 101 cm³/mol. The molecule has 5 heteroatoms. The molecule has 4 unspecified atom stereocenters. The van der Waals surface area contributed by atoms with Gasteiger partial charge in [-0.15, -0.1) is 0 Å². The maximum absolute atomic E-state index is 6.39. The Labute approximate surface area is 160 Å². The van der Waals surface area contributed by atoms with Crippen LogP contribution in [0.1, 0.15) is 24.8 Å². The van der Waals surface area contributed by atoms with Gasteiger partial charge in [0.05, 0.1) is 12.6 Å². The van der Waals surface area contributed by atoms with Gasteiger partial charge < -0.3 is 14.2 Å². The Bertz CT molecular complexity index is 849. The molecule has 5 rings (SSSR count). The first-order chi connectivity index (χ1) is 13.3. The first-order valence-corrected chi connectivity index (χ1v) is 9.58. The van der Waals surface area contributed by atoms with Crippen molar-refractivity contribution < 1.29 is 14.2 Å². The highest BCUT2D eigenvalue weighted by Gasteiger charge is 2.63. The third kappa shape index (κ3) is 2.52. The Balaban J connectivity index is 1.52. The minimum atomic E-state index is -0.223. The van der Waals surface area contributed by atoms with E-state index in [9.17, 15) is 0 Å². The highest BCUT2D eigenvalue weighted by molar-refractivity contribution is 5.59. The van der Waals surface area contributed by atoms with Gasteiger partial charge in [-0.3, -0.25) is 9.88 Å². The average molecular weight is 364 g/mol. The van der Waals surface area contributed by atoms with Crippen molar-refractivity contribution in [2.24, 2.45) is 0 Å². The molecular formula is C22H24N2O3. The summed E-state index contributed by atoms with van der Waals surface area (Å²) in [6, 6.07) is 4.83. The standard InChI is InChI=1S/C22H24N2O3/c1-25-21(26-2)19-7-8-20-22-13-17(24(19)20)12-16(18(22)9-11-27-22)6-5-15-4-3-10-23-14-15/h3-4,9-10,12,14,17,19-21H,7-8,11,13H2,1-2H3. The van der Waals surface area contributed by atoms with Crippen LogP contribution in [0.4, 0.5) is 0 Å². The summed E-state index contributed by atoms with van der Waals surface area (Å²) in [6.45, 7) is 0.668. The number of pyridine rings is 1. The molecule has 5 nitrogen and oxygen atoms in total. The lowest BCUT2D eigenvalue weighted by Gasteiger charge is -2.34. The van der Waals surface area contributed by atoms with Crippen LogP contribution in [0.3, 0.4) is 0 Å². The fourth-order valence-corrected chi connectivity index (χ4v) is 5.47. The van der Waals surface area contributed by atoms with Gasteiger partial charge in [-0.25, -0.2) is 0 Å². The second kappa shape index (κ2) is 6.57. The fourth-order valence-electron chi connectivity index (χ4n) is 5.47. The zero-order valence-electron chi connectivity index (χ0n) is 15.7. The molecule has 2 saturated heterocycles. The van der Waals surface area contributed by atoms with Crippen LogP contribution in [0.5, 0.6) is 0 Å². The molecule has 140 valence electrons. The van der Waals surface area contributed by atoms with E-state index in [1.165, 1.54) is 5.57 Å². The molecule has 2 bridgehead atoms. The number of rotatable bonds is 3. The summed E-state index contributed by atoms with van der Waals surface area (Å²) in [4.78, 5) is 6.72. The molecule has 0 N–H and O–H groups in total. The number of ether oxygens (including phenoxy) is 3. The molecular weight excluding hydrogens is 340 g/mol. The Hall–Kier alpha value is -1.97. The summed E-state index contributed by atoms with van der Waals surface area (Å²) in [5, 5.41) is 0. The van der Waals surface area contributed by atoms with Crippen LogP contribution < -0.4 is 0 Å². The van der Waals surface area contributed by atoms with Crippen LogP contribution in [-0.4, -0.2) is 60.7 Å². The van der Waals surface area contributed by atoms with E-state index in [0.29, 0.717) is 18.7 Å². The Morgan fingerprint density at radius 3 is 2.96 bits per heavy atom. The van der Waals surface area contributed by atoms with E-state index in [1.807, 2.05) is 12.1 Å². The number of fused-ring (bicyclic) bond motifs is 3. The van der Waals surface area contributed by atoms with Crippen molar-refractivity contribution in [2.45, 2.75) is 49.3 Å². The van der Waals surface area contributed by atoms with Crippen molar-refractivity contribution in [1.29, 1.82) is 0 Å². The van der Waals surface area contributed by atoms with Gasteiger partial charge in [0.2, 0.25) is 0 Å². The first-order valence-electron chi connectivity index (χ1n) is 9.58. The third-order valence-corrected chi connectivity index (χ3v) is 6.43. The second-order valence-corrected chi connectivity index (χ2v) is 7.61. The molecule has 27 heavy (non-hydrogen) atoms. The van der Waals surface area contributed by atoms with E-state index in [2.05, 4.69) is 33.9 Å². The van der Waals surface area contributed by atoms with Gasteiger partial charge in [0.15, 0.2) is 6.29 Å². The van der Waals surface area contributed by atoms with Crippen molar-refractivity contribution in [3.05, 3.63) is 53.4 Å². The van der Waals surface area contributed by atoms with Crippen molar-refractivity contribution in [1.82, 2.24) is 9.88 Å². The van der Waals surface area contributed by atoms with E-state index in [4.69, 9.17) is 14.2 Å². The lowest BCUT2D eigenvalue weighted by atomic mass is 9.77. The van der Waals surface area contributed by atoms with Crippen molar-refractivity contribution >= 4 is 0 Å². The number of aromatic nitrogens is 1. The van der Waals surface area contributed by atoms with Crippen LogP contribution in [-0.2, 0) is 14.2 Å². The molecule has 0 amide bonds. The van der Waals surface area contributed by atoms with E-state index in [-0.39, 0.29) is 17.9 Å². The average Bonchev–Trinajstić information content (AvgIpc) is 3.38. The van der Waals surface area contributed by atoms with Crippen molar-refractivity contribution in [2.75, 3.05) is 20.8 Å². The lowest BCUT2D eigenvalue weighted by Crippen LogP contribution is -2.48. The van der Waals surface area contributed by atoms with E-state index in [1.54, 1.807) is 26.6 Å². The molecule has 1 aromatic heterocycles. The SMILES string of the molecule is COC(OC)C1CCC2N1C1C=C(C#Cc3cccnc3)C3=CCOC32C1. The monoisotopic (exact) mass is 364 g/mol. The highest BCUT2D eigenvalue weighted by atomic mass is 16.7. The smallest absolute Gasteiger partial charge is 0.172 e. The zero-order chi connectivity index (χ0) is 18.4. The van der Waals surface area contributed by atoms with Gasteiger partial charge >= 0.3 is 0 Å². The topological polar surface area (TPSA) is 43.8 Å². The van der Waals surface area contributed by atoms with Gasteiger partial charge in [0, 0.05) is 56.3 Å². The van der Waals surface area contributed by atoms with Crippen LogP contribution >= 0.6 is 0 Å². The minimum absolute atomic E-state index is 0.210. The van der Waals surface area contributed by atoms with Gasteiger partial charge in [0.1, 0.15) is 5.60 Å². The largest absolute Gasteiger partial charge is 0.364 e. The summed E-state index contributed by atoms with van der Waals surface area (Å²) < 4.78 is 17.6. The lowest BCUT2D eigenvalue weighted by molar-refractivity contribution is -0.144. The quantitative estimate of drug-likeness (QED) is 0.608. The molecule has 4 aliphatic rings. The molecule has 2 fully saturated rings.